The summed E-state index contributed by atoms with van der Waals surface area (Å²) in [6, 6.07) is 11.9. The molecule has 0 unspecified atom stereocenters. The lowest BCUT2D eigenvalue weighted by molar-refractivity contribution is -0.145. The van der Waals surface area contributed by atoms with Crippen molar-refractivity contribution in [3.8, 4) is 28.6 Å². The molecule has 0 aliphatic carbocycles. The van der Waals surface area contributed by atoms with Gasteiger partial charge in [0.05, 0.1) is 11.9 Å². The first-order valence-corrected chi connectivity index (χ1v) is 12.2. The molecule has 0 spiro atoms. The lowest BCUT2D eigenvalue weighted by Crippen LogP contribution is -2.26. The Morgan fingerprint density at radius 2 is 1.83 bits per heavy atom. The number of ether oxygens (including phenoxy) is 2. The smallest absolute Gasteiger partial charge is 0.344 e. The van der Waals surface area contributed by atoms with Gasteiger partial charge in [-0.1, -0.05) is 25.1 Å². The average molecular weight is 508 g/mol. The Hall–Kier alpha value is -3.77. The van der Waals surface area contributed by atoms with Crippen molar-refractivity contribution >= 4 is 21.7 Å². The molecule has 1 heterocycles. The number of aromatic nitrogens is 1. The van der Waals surface area contributed by atoms with Crippen molar-refractivity contribution in [2.24, 2.45) is 5.73 Å². The van der Waals surface area contributed by atoms with Gasteiger partial charge in [-0.3, -0.25) is 4.72 Å². The number of carboxylic acid groups (broad SMARTS) is 1. The molecule has 1 aromatic heterocycles. The maximum Gasteiger partial charge on any atom is 0.344 e. The van der Waals surface area contributed by atoms with Crippen LogP contribution in [0.3, 0.4) is 0 Å². The van der Waals surface area contributed by atoms with Gasteiger partial charge >= 0.3 is 5.97 Å². The fourth-order valence-electron chi connectivity index (χ4n) is 3.12. The zero-order valence-corrected chi connectivity index (χ0v) is 19.6. The van der Waals surface area contributed by atoms with Crippen molar-refractivity contribution in [1.29, 1.82) is 0 Å². The van der Waals surface area contributed by atoms with Crippen molar-refractivity contribution in [2.45, 2.75) is 26.0 Å². The normalized spacial score (nSPS) is 12.1. The number of hydrogen-bond acceptors (Lipinski definition) is 7. The molecular weight excluding hydrogens is 484 g/mol. The predicted molar refractivity (Wildman–Crippen MR) is 125 cm³/mol. The van der Waals surface area contributed by atoms with Gasteiger partial charge in [-0.15, -0.1) is 0 Å². The highest BCUT2D eigenvalue weighted by Crippen LogP contribution is 2.34. The number of carbonyl (C=O) groups is 1. The SMILES string of the molecule is CC[C@@H](Oc1nc(Oc2cc(NS(C)(=O)=O)cc(-c3cccc(CN)c3)c2)c(F)cc1F)C(=O)O. The van der Waals surface area contributed by atoms with E-state index in [-0.39, 0.29) is 24.4 Å². The van der Waals surface area contributed by atoms with Crippen LogP contribution in [0.4, 0.5) is 14.5 Å². The van der Waals surface area contributed by atoms with Crippen LogP contribution in [-0.4, -0.2) is 36.8 Å². The van der Waals surface area contributed by atoms with Gasteiger partial charge in [-0.2, -0.15) is 4.98 Å². The third-order valence-electron chi connectivity index (χ3n) is 4.69. The fraction of sp³-hybridized carbons (Fsp3) is 0.217. The number of aliphatic carboxylic acids is 1. The standard InChI is InChI=1S/C23H23F2N3O6S/c1-3-20(23(29)30)34-22-19(25)11-18(24)21(27-22)33-17-9-15(8-16(10-17)28-35(2,31)32)14-6-4-5-13(7-14)12-26/h4-11,20,28H,3,12,26H2,1-2H3,(H,29,30)/t20-/m1/s1. The van der Waals surface area contributed by atoms with Crippen molar-refractivity contribution in [2.75, 3.05) is 11.0 Å². The highest BCUT2D eigenvalue weighted by molar-refractivity contribution is 7.92. The Bertz CT molecular complexity index is 1350. The molecule has 186 valence electrons. The van der Waals surface area contributed by atoms with Crippen molar-refractivity contribution in [3.05, 3.63) is 65.7 Å². The third kappa shape index (κ3) is 6.87. The molecule has 3 aromatic rings. The topological polar surface area (TPSA) is 141 Å². The molecule has 0 aliphatic rings. The summed E-state index contributed by atoms with van der Waals surface area (Å²) in [5.74, 6) is -5.20. The van der Waals surface area contributed by atoms with E-state index in [2.05, 4.69) is 9.71 Å². The van der Waals surface area contributed by atoms with Gasteiger partial charge < -0.3 is 20.3 Å². The van der Waals surface area contributed by atoms with Crippen molar-refractivity contribution in [1.82, 2.24) is 4.98 Å². The minimum absolute atomic E-state index is 0.00838. The minimum Gasteiger partial charge on any atom is -0.479 e. The molecule has 4 N–H and O–H groups in total. The van der Waals surface area contributed by atoms with Crippen LogP contribution in [0, 0.1) is 11.6 Å². The van der Waals surface area contributed by atoms with Crippen LogP contribution < -0.4 is 19.9 Å². The van der Waals surface area contributed by atoms with Gasteiger partial charge in [0.1, 0.15) is 5.75 Å². The Morgan fingerprint density at radius 3 is 2.46 bits per heavy atom. The van der Waals surface area contributed by atoms with Crippen LogP contribution in [0.1, 0.15) is 18.9 Å². The summed E-state index contributed by atoms with van der Waals surface area (Å²) >= 11 is 0. The molecule has 0 bridgehead atoms. The second-order valence-corrected chi connectivity index (χ2v) is 9.29. The highest BCUT2D eigenvalue weighted by Gasteiger charge is 2.22. The quantitative estimate of drug-likeness (QED) is 0.375. The van der Waals surface area contributed by atoms with Crippen LogP contribution in [0.15, 0.2) is 48.5 Å². The first kappa shape index (κ1) is 25.8. The molecule has 0 radical (unpaired) electrons. The summed E-state index contributed by atoms with van der Waals surface area (Å²) in [7, 11) is -3.66. The van der Waals surface area contributed by atoms with Crippen LogP contribution >= 0.6 is 0 Å². The molecule has 9 nitrogen and oxygen atoms in total. The molecule has 1 atom stereocenters. The summed E-state index contributed by atoms with van der Waals surface area (Å²) in [6.45, 7) is 1.79. The molecule has 0 fully saturated rings. The molecule has 0 saturated heterocycles. The van der Waals surface area contributed by atoms with Crippen LogP contribution in [-0.2, 0) is 21.4 Å². The number of nitrogens with one attached hydrogen (secondary N) is 1. The lowest BCUT2D eigenvalue weighted by Gasteiger charge is -2.15. The highest BCUT2D eigenvalue weighted by atomic mass is 32.2. The van der Waals surface area contributed by atoms with Gasteiger partial charge in [0.2, 0.25) is 10.0 Å². The maximum atomic E-state index is 14.5. The Morgan fingerprint density at radius 1 is 1.11 bits per heavy atom. The summed E-state index contributed by atoms with van der Waals surface area (Å²) in [5.41, 5.74) is 7.84. The third-order valence-corrected chi connectivity index (χ3v) is 5.29. The number of nitrogens with zero attached hydrogens (tertiary/aromatic N) is 1. The van der Waals surface area contributed by atoms with Gasteiger partial charge in [0.15, 0.2) is 17.7 Å². The number of rotatable bonds is 10. The summed E-state index contributed by atoms with van der Waals surface area (Å²) in [6.07, 6.45) is -0.430. The number of benzene rings is 2. The second-order valence-electron chi connectivity index (χ2n) is 7.54. The maximum absolute atomic E-state index is 14.5. The first-order chi connectivity index (χ1) is 16.5. The van der Waals surface area contributed by atoms with E-state index in [1.54, 1.807) is 24.3 Å². The molecule has 12 heteroatoms. The largest absolute Gasteiger partial charge is 0.479 e. The zero-order chi connectivity index (χ0) is 25.8. The number of hydrogen-bond donors (Lipinski definition) is 3. The van der Waals surface area contributed by atoms with Crippen LogP contribution in [0.25, 0.3) is 11.1 Å². The average Bonchev–Trinajstić information content (AvgIpc) is 2.78. The number of sulfonamides is 1. The van der Waals surface area contributed by atoms with Gasteiger partial charge in [0, 0.05) is 18.7 Å². The predicted octanol–water partition coefficient (Wildman–Crippen LogP) is 3.89. The first-order valence-electron chi connectivity index (χ1n) is 10.3. The number of pyridine rings is 1. The Balaban J connectivity index is 2.04. The number of nitrogens with two attached hydrogens (primary N) is 1. The second kappa shape index (κ2) is 10.7. The lowest BCUT2D eigenvalue weighted by atomic mass is 10.0. The molecule has 3 rings (SSSR count). The van der Waals surface area contributed by atoms with E-state index in [0.717, 1.165) is 11.8 Å². The van der Waals surface area contributed by atoms with Crippen LogP contribution in [0.5, 0.6) is 17.5 Å². The summed E-state index contributed by atoms with van der Waals surface area (Å²) in [5, 5.41) is 9.14. The van der Waals surface area contributed by atoms with Gasteiger partial charge in [-0.25, -0.2) is 22.0 Å². The number of halogens is 2. The molecule has 0 aliphatic heterocycles. The van der Waals surface area contributed by atoms with Crippen LogP contribution in [0.2, 0.25) is 0 Å². The Kier molecular flexibility index (Phi) is 7.87. The minimum atomic E-state index is -3.66. The van der Waals surface area contributed by atoms with E-state index in [1.807, 2.05) is 6.07 Å². The van der Waals surface area contributed by atoms with E-state index >= 15 is 0 Å². The summed E-state index contributed by atoms with van der Waals surface area (Å²) < 4.78 is 65.1. The molecule has 2 aromatic carbocycles. The fourth-order valence-corrected chi connectivity index (χ4v) is 3.66. The molecule has 0 amide bonds. The van der Waals surface area contributed by atoms with Gasteiger partial charge in [0.25, 0.3) is 11.8 Å². The Labute approximate surface area is 200 Å². The van der Waals surface area contributed by atoms with E-state index < -0.39 is 45.5 Å². The van der Waals surface area contributed by atoms with Crippen molar-refractivity contribution < 1.29 is 36.6 Å². The van der Waals surface area contributed by atoms with Crippen molar-refractivity contribution in [3.63, 3.8) is 0 Å². The molecular formula is C23H23F2N3O6S. The molecule has 0 saturated carbocycles. The van der Waals surface area contributed by atoms with E-state index in [1.165, 1.54) is 19.1 Å². The van der Waals surface area contributed by atoms with E-state index in [0.29, 0.717) is 17.2 Å². The van der Waals surface area contributed by atoms with E-state index in [4.69, 9.17) is 20.3 Å². The monoisotopic (exact) mass is 507 g/mol. The zero-order valence-electron chi connectivity index (χ0n) is 18.8. The van der Waals surface area contributed by atoms with Gasteiger partial charge in [-0.05, 0) is 41.3 Å². The molecule has 35 heavy (non-hydrogen) atoms. The van der Waals surface area contributed by atoms with E-state index in [9.17, 15) is 22.0 Å². The number of carboxylic acids is 1. The number of anilines is 1. The summed E-state index contributed by atoms with van der Waals surface area (Å²) in [4.78, 5) is 14.9.